The Hall–Kier alpha value is -2.68. The van der Waals surface area contributed by atoms with Crippen LogP contribution in [0.3, 0.4) is 0 Å². The van der Waals surface area contributed by atoms with Gasteiger partial charge in [-0.1, -0.05) is 11.6 Å². The molecular weight excluding hydrogens is 445 g/mol. The molecule has 2 aliphatic rings. The lowest BCUT2D eigenvalue weighted by molar-refractivity contribution is 0.217. The minimum absolute atomic E-state index is 0.00439. The van der Waals surface area contributed by atoms with Gasteiger partial charge in [-0.05, 0) is 56.1 Å². The van der Waals surface area contributed by atoms with Crippen molar-refractivity contribution in [1.29, 1.82) is 0 Å². The highest BCUT2D eigenvalue weighted by atomic mass is 35.5. The summed E-state index contributed by atoms with van der Waals surface area (Å²) in [7, 11) is 1.59. The van der Waals surface area contributed by atoms with Crippen LogP contribution in [0.15, 0.2) is 30.3 Å². The van der Waals surface area contributed by atoms with Crippen LogP contribution in [0, 0.1) is 11.7 Å². The first-order chi connectivity index (χ1) is 16.0. The number of fused-ring (bicyclic) bond motifs is 2. The second-order valence-electron chi connectivity index (χ2n) is 8.59. The summed E-state index contributed by atoms with van der Waals surface area (Å²) in [6.07, 6.45) is 2.21. The molecule has 7 nitrogen and oxygen atoms in total. The maximum absolute atomic E-state index is 13.5. The maximum Gasteiger partial charge on any atom is 0.162 e. The Morgan fingerprint density at radius 2 is 2.09 bits per heavy atom. The molecule has 0 amide bonds. The van der Waals surface area contributed by atoms with Gasteiger partial charge in [0, 0.05) is 36.1 Å². The summed E-state index contributed by atoms with van der Waals surface area (Å²) in [4.78, 5) is 11.6. The van der Waals surface area contributed by atoms with Gasteiger partial charge in [-0.3, -0.25) is 4.90 Å². The fraction of sp³-hybridized carbons (Fsp3) is 0.417. The second-order valence-corrected chi connectivity index (χ2v) is 9.00. The number of benzene rings is 2. The number of nitrogens with one attached hydrogen (secondary N) is 1. The quantitative estimate of drug-likeness (QED) is 0.507. The Morgan fingerprint density at radius 3 is 2.91 bits per heavy atom. The van der Waals surface area contributed by atoms with Crippen molar-refractivity contribution in [1.82, 2.24) is 20.2 Å². The molecule has 3 heterocycles. The van der Waals surface area contributed by atoms with Gasteiger partial charge in [-0.2, -0.15) is 0 Å². The number of ether oxygens (including phenoxy) is 2. The number of nitrogens with zero attached hydrogens (tertiary/aromatic N) is 3. The highest BCUT2D eigenvalue weighted by molar-refractivity contribution is 6.31. The number of aromatic nitrogens is 2. The number of methoxy groups -OCH3 is 1. The topological polar surface area (TPSA) is 85.5 Å². The monoisotopic (exact) mass is 471 g/mol. The van der Waals surface area contributed by atoms with Crippen LogP contribution in [0.4, 0.5) is 10.2 Å². The van der Waals surface area contributed by atoms with Gasteiger partial charge in [0.05, 0.1) is 24.3 Å². The summed E-state index contributed by atoms with van der Waals surface area (Å²) in [6, 6.07) is 8.61. The lowest BCUT2D eigenvalue weighted by Gasteiger charge is -2.23. The highest BCUT2D eigenvalue weighted by Gasteiger charge is 2.36. The molecule has 5 rings (SSSR count). The molecule has 2 saturated heterocycles. The van der Waals surface area contributed by atoms with Gasteiger partial charge in [0.1, 0.15) is 11.6 Å². The minimum atomic E-state index is -0.498. The van der Waals surface area contributed by atoms with Crippen molar-refractivity contribution in [3.8, 4) is 22.9 Å². The molecule has 2 aliphatic heterocycles. The summed E-state index contributed by atoms with van der Waals surface area (Å²) in [5.41, 5.74) is 7.43. The lowest BCUT2D eigenvalue weighted by Crippen LogP contribution is -2.35. The molecule has 0 spiro atoms. The van der Waals surface area contributed by atoms with E-state index in [1.165, 1.54) is 25.1 Å². The van der Waals surface area contributed by atoms with Gasteiger partial charge in [0.2, 0.25) is 0 Å². The number of likely N-dealkylation sites (tertiary alicyclic amines) is 1. The summed E-state index contributed by atoms with van der Waals surface area (Å²) < 4.78 is 25.1. The number of nitrogen functional groups attached to an aromatic ring is 1. The van der Waals surface area contributed by atoms with E-state index < -0.39 is 5.82 Å². The summed E-state index contributed by atoms with van der Waals surface area (Å²) in [6.45, 7) is 5.01. The zero-order chi connectivity index (χ0) is 22.9. The first-order valence-electron chi connectivity index (χ1n) is 11.2. The van der Waals surface area contributed by atoms with E-state index >= 15 is 0 Å². The molecule has 2 unspecified atom stereocenters. The first-order valence-corrected chi connectivity index (χ1v) is 11.6. The smallest absolute Gasteiger partial charge is 0.162 e. The zero-order valence-corrected chi connectivity index (χ0v) is 19.2. The Balaban J connectivity index is 1.31. The van der Waals surface area contributed by atoms with Crippen molar-refractivity contribution in [2.24, 2.45) is 5.92 Å². The lowest BCUT2D eigenvalue weighted by atomic mass is 10.1. The van der Waals surface area contributed by atoms with Crippen LogP contribution in [-0.4, -0.2) is 60.8 Å². The molecule has 0 saturated carbocycles. The van der Waals surface area contributed by atoms with Crippen LogP contribution in [-0.2, 0) is 0 Å². The van der Waals surface area contributed by atoms with Crippen molar-refractivity contribution in [2.45, 2.75) is 18.9 Å². The average molecular weight is 472 g/mol. The Bertz CT molecular complexity index is 1180. The Morgan fingerprint density at radius 1 is 1.21 bits per heavy atom. The van der Waals surface area contributed by atoms with Gasteiger partial charge < -0.3 is 20.5 Å². The van der Waals surface area contributed by atoms with Crippen LogP contribution in [0.2, 0.25) is 5.02 Å². The maximum atomic E-state index is 13.5. The molecule has 3 aromatic rings. The number of halogens is 2. The largest absolute Gasteiger partial charge is 0.493 e. The third kappa shape index (κ3) is 4.43. The number of hydrogen-bond donors (Lipinski definition) is 2. The number of anilines is 1. The molecule has 1 aromatic heterocycles. The predicted octanol–water partition coefficient (Wildman–Crippen LogP) is 3.74. The molecule has 174 valence electrons. The van der Waals surface area contributed by atoms with Crippen molar-refractivity contribution in [3.05, 3.63) is 41.2 Å². The van der Waals surface area contributed by atoms with E-state index in [1.807, 2.05) is 6.07 Å². The molecule has 0 bridgehead atoms. The molecule has 0 aliphatic carbocycles. The van der Waals surface area contributed by atoms with Crippen molar-refractivity contribution in [2.75, 3.05) is 45.6 Å². The number of rotatable bonds is 7. The average Bonchev–Trinajstić information content (AvgIpc) is 3.43. The standard InChI is InChI=1S/C24H27ClFN5O2/c1-32-21-11-19-16(23(27)30-24(29-19)14-3-4-18(26)17(25)9-14)10-22(21)33-8-2-6-31-7-5-15-12-28-13-20(15)31/h3-4,9-11,15,20,28H,2,5-8,12-13H2,1H3,(H2,27,29,30). The van der Waals surface area contributed by atoms with Crippen LogP contribution in [0.1, 0.15) is 12.8 Å². The van der Waals surface area contributed by atoms with Gasteiger partial charge in [0.15, 0.2) is 17.3 Å². The van der Waals surface area contributed by atoms with E-state index in [1.54, 1.807) is 19.2 Å². The SMILES string of the molecule is COc1cc2nc(-c3ccc(F)c(Cl)c3)nc(N)c2cc1OCCCN1CCC2CNCC21. The van der Waals surface area contributed by atoms with Crippen LogP contribution in [0.5, 0.6) is 11.5 Å². The number of nitrogens with two attached hydrogens (primary N) is 1. The van der Waals surface area contributed by atoms with Crippen molar-refractivity contribution >= 4 is 28.3 Å². The molecule has 3 N–H and O–H groups in total. The van der Waals surface area contributed by atoms with Gasteiger partial charge >= 0.3 is 0 Å². The molecule has 2 fully saturated rings. The van der Waals surface area contributed by atoms with Crippen LogP contribution < -0.4 is 20.5 Å². The van der Waals surface area contributed by atoms with E-state index in [9.17, 15) is 4.39 Å². The highest BCUT2D eigenvalue weighted by Crippen LogP contribution is 2.35. The first kappa shape index (κ1) is 22.1. The summed E-state index contributed by atoms with van der Waals surface area (Å²) in [5, 5.41) is 4.16. The second kappa shape index (κ2) is 9.29. The van der Waals surface area contributed by atoms with E-state index in [2.05, 4.69) is 20.2 Å². The van der Waals surface area contributed by atoms with E-state index in [4.69, 9.17) is 26.8 Å². The third-order valence-corrected chi connectivity index (χ3v) is 6.89. The normalized spacial score (nSPS) is 20.3. The Labute approximate surface area is 197 Å². The van der Waals surface area contributed by atoms with Crippen LogP contribution in [0.25, 0.3) is 22.3 Å². The number of hydrogen-bond acceptors (Lipinski definition) is 7. The molecule has 33 heavy (non-hydrogen) atoms. The molecule has 0 radical (unpaired) electrons. The third-order valence-electron chi connectivity index (χ3n) is 6.60. The van der Waals surface area contributed by atoms with Crippen molar-refractivity contribution in [3.63, 3.8) is 0 Å². The van der Waals surface area contributed by atoms with E-state index in [-0.39, 0.29) is 5.02 Å². The van der Waals surface area contributed by atoms with E-state index in [0.717, 1.165) is 32.0 Å². The summed E-state index contributed by atoms with van der Waals surface area (Å²) >= 11 is 5.91. The molecule has 2 atom stereocenters. The predicted molar refractivity (Wildman–Crippen MR) is 127 cm³/mol. The zero-order valence-electron chi connectivity index (χ0n) is 18.5. The molecule has 2 aromatic carbocycles. The minimum Gasteiger partial charge on any atom is -0.493 e. The summed E-state index contributed by atoms with van der Waals surface area (Å²) in [5.74, 6) is 2.15. The van der Waals surface area contributed by atoms with Crippen LogP contribution >= 0.6 is 11.6 Å². The molecule has 9 heteroatoms. The van der Waals surface area contributed by atoms with Gasteiger partial charge in [0.25, 0.3) is 0 Å². The fourth-order valence-corrected chi connectivity index (χ4v) is 5.04. The van der Waals surface area contributed by atoms with Gasteiger partial charge in [-0.25, -0.2) is 14.4 Å². The molecular formula is C24H27ClFN5O2. The fourth-order valence-electron chi connectivity index (χ4n) is 4.86. The van der Waals surface area contributed by atoms with Gasteiger partial charge in [-0.15, -0.1) is 0 Å². The Kier molecular flexibility index (Phi) is 6.23. The van der Waals surface area contributed by atoms with E-state index in [0.29, 0.717) is 52.3 Å². The van der Waals surface area contributed by atoms with Crippen molar-refractivity contribution < 1.29 is 13.9 Å².